The Bertz CT molecular complexity index is 688. The van der Waals surface area contributed by atoms with Crippen molar-refractivity contribution in [3.63, 3.8) is 0 Å². The van der Waals surface area contributed by atoms with Gasteiger partial charge in [0.1, 0.15) is 17.5 Å². The Kier molecular flexibility index (Phi) is 3.44. The van der Waals surface area contributed by atoms with E-state index < -0.39 is 5.56 Å². The molecule has 0 aliphatic rings. The second kappa shape index (κ2) is 5.02. The number of halogens is 1. The molecule has 0 unspecified atom stereocenters. The molecular weight excluding hydrogens is 298 g/mol. The van der Waals surface area contributed by atoms with Crippen LogP contribution in [0.25, 0.3) is 11.3 Å². The monoisotopic (exact) mass is 305 g/mol. The van der Waals surface area contributed by atoms with Gasteiger partial charge >= 0.3 is 0 Å². The van der Waals surface area contributed by atoms with Gasteiger partial charge in [-0.3, -0.25) is 4.79 Å². The number of nitrogens with one attached hydrogen (secondary N) is 1. The number of nitriles is 1. The van der Waals surface area contributed by atoms with Crippen molar-refractivity contribution in [1.82, 2.24) is 10.2 Å². The lowest BCUT2D eigenvalue weighted by Crippen LogP contribution is -2.08. The van der Waals surface area contributed by atoms with Crippen LogP contribution in [0.4, 0.5) is 0 Å². The van der Waals surface area contributed by atoms with Crippen LogP contribution in [0.1, 0.15) is 5.56 Å². The Balaban J connectivity index is 2.59. The topological polar surface area (TPSA) is 78.8 Å². The molecule has 5 nitrogen and oxygen atoms in total. The Labute approximate surface area is 111 Å². The predicted molar refractivity (Wildman–Crippen MR) is 69.3 cm³/mol. The van der Waals surface area contributed by atoms with E-state index in [1.165, 1.54) is 6.07 Å². The molecule has 1 aromatic heterocycles. The van der Waals surface area contributed by atoms with E-state index in [-0.39, 0.29) is 5.56 Å². The molecule has 18 heavy (non-hydrogen) atoms. The maximum Gasteiger partial charge on any atom is 0.265 e. The average molecular weight is 306 g/mol. The third kappa shape index (κ3) is 2.26. The molecule has 6 heteroatoms. The van der Waals surface area contributed by atoms with Crippen LogP contribution in [-0.2, 0) is 0 Å². The van der Waals surface area contributed by atoms with Crippen LogP contribution in [0, 0.1) is 11.3 Å². The molecule has 0 amide bonds. The summed E-state index contributed by atoms with van der Waals surface area (Å²) >= 11 is 3.36. The molecule has 0 bridgehead atoms. The highest BCUT2D eigenvalue weighted by atomic mass is 79.9. The number of H-pyrrole nitrogens is 1. The molecule has 1 heterocycles. The fourth-order valence-corrected chi connectivity index (χ4v) is 2.06. The van der Waals surface area contributed by atoms with Crippen molar-refractivity contribution in [2.45, 2.75) is 0 Å². The van der Waals surface area contributed by atoms with Gasteiger partial charge in [-0.25, -0.2) is 5.10 Å². The summed E-state index contributed by atoms with van der Waals surface area (Å²) in [6.07, 6.45) is 0. The Morgan fingerprint density at radius 3 is 2.83 bits per heavy atom. The van der Waals surface area contributed by atoms with E-state index in [2.05, 4.69) is 26.1 Å². The molecule has 2 aromatic rings. The van der Waals surface area contributed by atoms with Gasteiger partial charge in [0.25, 0.3) is 5.56 Å². The van der Waals surface area contributed by atoms with Gasteiger partial charge < -0.3 is 4.74 Å². The van der Waals surface area contributed by atoms with Gasteiger partial charge in [0.2, 0.25) is 0 Å². The second-order valence-electron chi connectivity index (χ2n) is 3.46. The Hall–Kier alpha value is -2.13. The summed E-state index contributed by atoms with van der Waals surface area (Å²) in [4.78, 5) is 11.1. The van der Waals surface area contributed by atoms with Crippen LogP contribution < -0.4 is 10.3 Å². The first-order valence-corrected chi connectivity index (χ1v) is 5.78. The van der Waals surface area contributed by atoms with E-state index in [0.717, 1.165) is 10.0 Å². The van der Waals surface area contributed by atoms with Crippen molar-refractivity contribution in [3.05, 3.63) is 44.7 Å². The summed E-state index contributed by atoms with van der Waals surface area (Å²) in [5.74, 6) is 0.682. The van der Waals surface area contributed by atoms with Gasteiger partial charge in [-0.15, -0.1) is 0 Å². The van der Waals surface area contributed by atoms with E-state index in [1.807, 2.05) is 6.07 Å². The zero-order valence-electron chi connectivity index (χ0n) is 9.40. The van der Waals surface area contributed by atoms with Crippen molar-refractivity contribution >= 4 is 15.9 Å². The summed E-state index contributed by atoms with van der Waals surface area (Å²) in [6.45, 7) is 0. The standard InChI is InChI=1S/C12H8BrN3O2/c1-18-10-3-2-7(4-9(10)13)12-8(6-14)5-11(17)15-16-12/h2-5H,1H3,(H,15,17). The highest BCUT2D eigenvalue weighted by Gasteiger charge is 2.10. The quantitative estimate of drug-likeness (QED) is 0.921. The van der Waals surface area contributed by atoms with E-state index in [1.54, 1.807) is 25.3 Å². The molecule has 1 aromatic carbocycles. The molecular formula is C12H8BrN3O2. The van der Waals surface area contributed by atoms with Crippen LogP contribution in [-0.4, -0.2) is 17.3 Å². The van der Waals surface area contributed by atoms with Crippen molar-refractivity contribution in [1.29, 1.82) is 5.26 Å². The third-order valence-electron chi connectivity index (χ3n) is 2.35. The van der Waals surface area contributed by atoms with Crippen molar-refractivity contribution in [2.24, 2.45) is 0 Å². The minimum atomic E-state index is -0.400. The zero-order valence-corrected chi connectivity index (χ0v) is 11.0. The van der Waals surface area contributed by atoms with E-state index >= 15 is 0 Å². The number of rotatable bonds is 2. The number of hydrogen-bond acceptors (Lipinski definition) is 4. The van der Waals surface area contributed by atoms with Crippen LogP contribution in [0.3, 0.4) is 0 Å². The lowest BCUT2D eigenvalue weighted by molar-refractivity contribution is 0.412. The van der Waals surface area contributed by atoms with E-state index in [4.69, 9.17) is 10.00 Å². The van der Waals surface area contributed by atoms with Gasteiger partial charge in [0.05, 0.1) is 17.1 Å². The third-order valence-corrected chi connectivity index (χ3v) is 2.97. The minimum Gasteiger partial charge on any atom is -0.496 e. The normalized spacial score (nSPS) is 9.83. The molecule has 0 atom stereocenters. The molecule has 0 aliphatic heterocycles. The minimum absolute atomic E-state index is 0.232. The molecule has 1 N–H and O–H groups in total. The van der Waals surface area contributed by atoms with Crippen LogP contribution in [0.5, 0.6) is 5.75 Å². The average Bonchev–Trinajstić information content (AvgIpc) is 2.38. The van der Waals surface area contributed by atoms with Crippen molar-refractivity contribution in [2.75, 3.05) is 7.11 Å². The van der Waals surface area contributed by atoms with Crippen LogP contribution in [0.15, 0.2) is 33.5 Å². The highest BCUT2D eigenvalue weighted by Crippen LogP contribution is 2.30. The Morgan fingerprint density at radius 2 is 2.22 bits per heavy atom. The number of nitrogens with zero attached hydrogens (tertiary/aromatic N) is 2. The van der Waals surface area contributed by atoms with Gasteiger partial charge in [-0.1, -0.05) is 0 Å². The molecule has 2 rings (SSSR count). The largest absolute Gasteiger partial charge is 0.496 e. The van der Waals surface area contributed by atoms with Crippen molar-refractivity contribution in [3.8, 4) is 23.1 Å². The summed E-state index contributed by atoms with van der Waals surface area (Å²) in [5, 5.41) is 15.2. The molecule has 90 valence electrons. The Morgan fingerprint density at radius 1 is 1.44 bits per heavy atom. The van der Waals surface area contributed by atoms with Crippen molar-refractivity contribution < 1.29 is 4.74 Å². The van der Waals surface area contributed by atoms with Gasteiger partial charge in [-0.2, -0.15) is 10.4 Å². The van der Waals surface area contributed by atoms with Gasteiger partial charge in [0, 0.05) is 11.6 Å². The van der Waals surface area contributed by atoms with Crippen LogP contribution >= 0.6 is 15.9 Å². The predicted octanol–water partition coefficient (Wildman–Crippen LogP) is 2.08. The van der Waals surface area contributed by atoms with Gasteiger partial charge in [-0.05, 0) is 34.1 Å². The lowest BCUT2D eigenvalue weighted by atomic mass is 10.1. The number of aromatic amines is 1. The fraction of sp³-hybridized carbons (Fsp3) is 0.0833. The lowest BCUT2D eigenvalue weighted by Gasteiger charge is -2.06. The molecule has 0 aliphatic carbocycles. The first kappa shape index (κ1) is 12.3. The number of ether oxygens (including phenoxy) is 1. The summed E-state index contributed by atoms with van der Waals surface area (Å²) in [7, 11) is 1.57. The maximum atomic E-state index is 11.1. The fourth-order valence-electron chi connectivity index (χ4n) is 1.52. The first-order chi connectivity index (χ1) is 8.65. The SMILES string of the molecule is COc1ccc(-c2n[nH]c(=O)cc2C#N)cc1Br. The second-order valence-corrected chi connectivity index (χ2v) is 4.31. The molecule has 0 saturated heterocycles. The first-order valence-electron chi connectivity index (χ1n) is 4.99. The number of benzene rings is 1. The summed E-state index contributed by atoms with van der Waals surface area (Å²) in [6, 6.07) is 8.48. The molecule has 0 fully saturated rings. The molecule has 0 spiro atoms. The molecule has 0 saturated carbocycles. The smallest absolute Gasteiger partial charge is 0.265 e. The molecule has 0 radical (unpaired) electrons. The number of aromatic nitrogens is 2. The van der Waals surface area contributed by atoms with Gasteiger partial charge in [0.15, 0.2) is 0 Å². The number of methoxy groups -OCH3 is 1. The summed E-state index contributed by atoms with van der Waals surface area (Å²) in [5.41, 5.74) is 0.981. The maximum absolute atomic E-state index is 11.1. The van der Waals surface area contributed by atoms with E-state index in [9.17, 15) is 4.79 Å². The number of hydrogen-bond donors (Lipinski definition) is 1. The zero-order chi connectivity index (χ0) is 13.1. The highest BCUT2D eigenvalue weighted by molar-refractivity contribution is 9.10. The van der Waals surface area contributed by atoms with Crippen LogP contribution in [0.2, 0.25) is 0 Å². The summed E-state index contributed by atoms with van der Waals surface area (Å²) < 4.78 is 5.87. The van der Waals surface area contributed by atoms with E-state index in [0.29, 0.717) is 11.4 Å².